The Bertz CT molecular complexity index is 1830. The highest BCUT2D eigenvalue weighted by molar-refractivity contribution is 7.22. The Kier molecular flexibility index (Phi) is 9.02. The van der Waals surface area contributed by atoms with Gasteiger partial charge in [0.15, 0.2) is 17.1 Å². The van der Waals surface area contributed by atoms with E-state index in [0.717, 1.165) is 10.4 Å². The molecule has 2 aromatic heterocycles. The summed E-state index contributed by atoms with van der Waals surface area (Å²) in [5, 5.41) is 2.95. The van der Waals surface area contributed by atoms with Gasteiger partial charge >= 0.3 is 12.1 Å². The van der Waals surface area contributed by atoms with Crippen LogP contribution in [0.5, 0.6) is 11.5 Å². The molecule has 1 atom stereocenters. The molecule has 1 aliphatic rings. The summed E-state index contributed by atoms with van der Waals surface area (Å²) in [6, 6.07) is 12.6. The molecule has 0 aliphatic heterocycles. The lowest BCUT2D eigenvalue weighted by Gasteiger charge is -2.46. The van der Waals surface area contributed by atoms with Crippen LogP contribution in [0.4, 0.5) is 13.6 Å². The van der Waals surface area contributed by atoms with Gasteiger partial charge in [-0.2, -0.15) is 0 Å². The molecule has 0 spiro atoms. The Balaban J connectivity index is 1.32. The molecule has 4 aromatic rings. The zero-order valence-electron chi connectivity index (χ0n) is 25.7. The maximum absolute atomic E-state index is 14.1. The van der Waals surface area contributed by atoms with Crippen molar-refractivity contribution in [1.29, 1.82) is 0 Å². The average Bonchev–Trinajstić information content (AvgIpc) is 3.40. The molecule has 0 bridgehead atoms. The van der Waals surface area contributed by atoms with Gasteiger partial charge in [0.05, 0.1) is 31.2 Å². The number of alkyl carbamates (subject to hydrolysis) is 1. The number of fused-ring (bicyclic) bond motifs is 1. The second kappa shape index (κ2) is 12.5. The van der Waals surface area contributed by atoms with Crippen molar-refractivity contribution in [1.82, 2.24) is 14.9 Å². The van der Waals surface area contributed by atoms with Crippen LogP contribution in [0, 0.1) is 0 Å². The van der Waals surface area contributed by atoms with Crippen LogP contribution < -0.4 is 20.3 Å². The Hall–Kier alpha value is -4.23. The Morgan fingerprint density at radius 3 is 2.43 bits per heavy atom. The van der Waals surface area contributed by atoms with Gasteiger partial charge in [-0.1, -0.05) is 23.7 Å². The van der Waals surface area contributed by atoms with E-state index in [2.05, 4.69) is 10.3 Å². The molecule has 14 heteroatoms. The van der Waals surface area contributed by atoms with Gasteiger partial charge in [0.2, 0.25) is 0 Å². The van der Waals surface area contributed by atoms with Crippen LogP contribution in [0.15, 0.2) is 59.7 Å². The number of carbonyl (C=O) groups excluding carboxylic acids is 2. The van der Waals surface area contributed by atoms with E-state index >= 15 is 0 Å². The number of alkyl halides is 2. The second-order valence-electron chi connectivity index (χ2n) is 12.1. The maximum Gasteiger partial charge on any atom is 0.408 e. The number of ether oxygens (including phenoxy) is 4. The number of esters is 1. The van der Waals surface area contributed by atoms with Gasteiger partial charge in [0.25, 0.3) is 11.5 Å². The van der Waals surface area contributed by atoms with Gasteiger partial charge in [-0.05, 0) is 63.6 Å². The van der Waals surface area contributed by atoms with Gasteiger partial charge in [-0.25, -0.2) is 23.4 Å². The molecule has 46 heavy (non-hydrogen) atoms. The first-order valence-electron chi connectivity index (χ1n) is 14.3. The molecule has 5 rings (SSSR count). The third kappa shape index (κ3) is 7.42. The number of benzene rings is 2. The van der Waals surface area contributed by atoms with Crippen molar-refractivity contribution < 1.29 is 37.3 Å². The molecule has 2 heterocycles. The lowest BCUT2D eigenvalue weighted by Crippen LogP contribution is -2.59. The molecule has 1 unspecified atom stereocenters. The number of thiophene rings is 1. The predicted octanol–water partition coefficient (Wildman–Crippen LogP) is 6.78. The number of hydrogen-bond donors (Lipinski definition) is 1. The van der Waals surface area contributed by atoms with Crippen LogP contribution >= 0.6 is 22.9 Å². The van der Waals surface area contributed by atoms with Crippen LogP contribution in [0.1, 0.15) is 40.5 Å². The molecule has 10 nitrogen and oxygen atoms in total. The SMILES string of the molecule is COc1cc(-n2cnc3cc(-c4ccc(Cl)cc4)sc3c2=O)ccc1OCC1(OC(=O)C(C)NC(=O)OC(C)(C)C)CC(F)(F)C1. The normalized spacial score (nSPS) is 15.8. The molecular formula is C32H32ClF2N3O7S. The van der Waals surface area contributed by atoms with Crippen LogP contribution in [-0.4, -0.2) is 58.5 Å². The monoisotopic (exact) mass is 675 g/mol. The molecular weight excluding hydrogens is 644 g/mol. The van der Waals surface area contributed by atoms with E-state index in [-0.39, 0.29) is 17.1 Å². The molecule has 0 saturated heterocycles. The molecule has 1 amide bonds. The minimum Gasteiger partial charge on any atom is -0.493 e. The van der Waals surface area contributed by atoms with Crippen molar-refractivity contribution in [2.24, 2.45) is 0 Å². The van der Waals surface area contributed by atoms with Crippen molar-refractivity contribution in [2.45, 2.75) is 63.7 Å². The smallest absolute Gasteiger partial charge is 0.408 e. The molecule has 0 radical (unpaired) electrons. The Labute approximate surface area is 272 Å². The fourth-order valence-corrected chi connectivity index (χ4v) is 6.10. The van der Waals surface area contributed by atoms with Crippen molar-refractivity contribution in [3.8, 4) is 27.6 Å². The number of methoxy groups -OCH3 is 1. The number of rotatable bonds is 9. The molecule has 1 saturated carbocycles. The fourth-order valence-electron chi connectivity index (χ4n) is 4.93. The first-order valence-corrected chi connectivity index (χ1v) is 15.5. The van der Waals surface area contributed by atoms with E-state index in [4.69, 9.17) is 30.5 Å². The quantitative estimate of drug-likeness (QED) is 0.193. The highest BCUT2D eigenvalue weighted by Gasteiger charge is 2.60. The number of hydrogen-bond acceptors (Lipinski definition) is 9. The predicted molar refractivity (Wildman–Crippen MR) is 170 cm³/mol. The lowest BCUT2D eigenvalue weighted by molar-refractivity contribution is -0.235. The third-order valence-electron chi connectivity index (χ3n) is 7.05. The van der Waals surface area contributed by atoms with Crippen molar-refractivity contribution >= 4 is 45.2 Å². The van der Waals surface area contributed by atoms with E-state index in [1.54, 1.807) is 45.0 Å². The van der Waals surface area contributed by atoms with E-state index < -0.39 is 54.7 Å². The van der Waals surface area contributed by atoms with Crippen molar-refractivity contribution in [2.75, 3.05) is 13.7 Å². The Morgan fingerprint density at radius 1 is 1.11 bits per heavy atom. The molecule has 244 valence electrons. The minimum absolute atomic E-state index is 0.181. The second-order valence-corrected chi connectivity index (χ2v) is 13.5. The highest BCUT2D eigenvalue weighted by atomic mass is 35.5. The molecule has 1 aliphatic carbocycles. The van der Waals surface area contributed by atoms with Gasteiger partial charge in [-0.3, -0.25) is 9.36 Å². The van der Waals surface area contributed by atoms with Crippen LogP contribution in [0.2, 0.25) is 5.02 Å². The summed E-state index contributed by atoms with van der Waals surface area (Å²) >= 11 is 7.31. The van der Waals surface area contributed by atoms with Crippen molar-refractivity contribution in [3.05, 3.63) is 70.2 Å². The number of aromatic nitrogens is 2. The summed E-state index contributed by atoms with van der Waals surface area (Å²) in [7, 11) is 1.39. The minimum atomic E-state index is -3.05. The van der Waals surface area contributed by atoms with E-state index in [9.17, 15) is 23.2 Å². The standard InChI is InChI=1S/C32H32ClF2N3O7S/c1-18(37-29(41)45-30(2,3)4)28(40)44-31(14-32(34,35)15-31)16-43-23-11-10-21(12-24(23)42-5)38-17-36-22-13-25(46-26(22)27(38)39)19-6-8-20(33)9-7-19/h6-13,17-18H,14-16H2,1-5H3,(H,37,41). The van der Waals surface area contributed by atoms with Crippen LogP contribution in [-0.2, 0) is 14.3 Å². The van der Waals surface area contributed by atoms with Gasteiger partial charge in [0.1, 0.15) is 29.3 Å². The molecule has 2 aromatic carbocycles. The summed E-state index contributed by atoms with van der Waals surface area (Å²) in [6.45, 7) is 5.95. The van der Waals surface area contributed by atoms with E-state index in [0.29, 0.717) is 20.9 Å². The number of carbonyl (C=O) groups is 2. The molecule has 1 fully saturated rings. The number of nitrogens with zero attached hydrogens (tertiary/aromatic N) is 2. The first kappa shape index (κ1) is 33.1. The summed E-state index contributed by atoms with van der Waals surface area (Å²) in [5.41, 5.74) is -0.832. The third-order valence-corrected chi connectivity index (χ3v) is 8.46. The summed E-state index contributed by atoms with van der Waals surface area (Å²) in [4.78, 5) is 43.6. The van der Waals surface area contributed by atoms with Gasteiger partial charge in [0, 0.05) is 16.0 Å². The maximum atomic E-state index is 14.1. The largest absolute Gasteiger partial charge is 0.493 e. The Morgan fingerprint density at radius 2 is 1.80 bits per heavy atom. The lowest BCUT2D eigenvalue weighted by atomic mass is 9.77. The van der Waals surface area contributed by atoms with E-state index in [1.165, 1.54) is 42.3 Å². The number of halogens is 3. The number of amides is 1. The summed E-state index contributed by atoms with van der Waals surface area (Å²) < 4.78 is 51.9. The summed E-state index contributed by atoms with van der Waals surface area (Å²) in [6.07, 6.45) is -0.952. The van der Waals surface area contributed by atoms with Gasteiger partial charge < -0.3 is 24.3 Å². The highest BCUT2D eigenvalue weighted by Crippen LogP contribution is 2.48. The topological polar surface area (TPSA) is 118 Å². The zero-order valence-corrected chi connectivity index (χ0v) is 27.3. The van der Waals surface area contributed by atoms with Crippen LogP contribution in [0.3, 0.4) is 0 Å². The summed E-state index contributed by atoms with van der Waals surface area (Å²) in [5.74, 6) is -3.58. The van der Waals surface area contributed by atoms with Crippen molar-refractivity contribution in [3.63, 3.8) is 0 Å². The fraction of sp³-hybridized carbons (Fsp3) is 0.375. The zero-order chi connectivity index (χ0) is 33.4. The number of nitrogens with one attached hydrogen (secondary N) is 1. The molecule has 1 N–H and O–H groups in total. The average molecular weight is 676 g/mol. The first-order chi connectivity index (χ1) is 21.6. The van der Waals surface area contributed by atoms with Gasteiger partial charge in [-0.15, -0.1) is 11.3 Å². The van der Waals surface area contributed by atoms with Crippen LogP contribution in [0.25, 0.3) is 26.3 Å². The van der Waals surface area contributed by atoms with E-state index in [1.807, 2.05) is 18.2 Å².